The fourth-order valence-corrected chi connectivity index (χ4v) is 4.40. The van der Waals surface area contributed by atoms with Crippen molar-refractivity contribution >= 4 is 21.7 Å². The van der Waals surface area contributed by atoms with Crippen molar-refractivity contribution in [3.63, 3.8) is 0 Å². The normalized spacial score (nSPS) is 11.3. The number of rotatable bonds is 2. The molecule has 1 heterocycles. The van der Waals surface area contributed by atoms with E-state index in [0.29, 0.717) is 0 Å². The first-order valence-electron chi connectivity index (χ1n) is 10.5. The molecule has 0 radical (unpaired) electrons. The summed E-state index contributed by atoms with van der Waals surface area (Å²) >= 11 is 0. The average molecular weight is 388 g/mol. The van der Waals surface area contributed by atoms with E-state index >= 15 is 0 Å². The highest BCUT2D eigenvalue weighted by atomic mass is 14.7. The van der Waals surface area contributed by atoms with Crippen molar-refractivity contribution in [2.24, 2.45) is 0 Å². The summed E-state index contributed by atoms with van der Waals surface area (Å²) in [4.78, 5) is 4.89. The highest BCUT2D eigenvalue weighted by molar-refractivity contribution is 6.20. The zero-order valence-corrected chi connectivity index (χ0v) is 18.0. The Morgan fingerprint density at radius 3 is 1.63 bits per heavy atom. The van der Waals surface area contributed by atoms with Crippen LogP contribution in [-0.2, 0) is 0 Å². The molecule has 0 bridgehead atoms. The van der Waals surface area contributed by atoms with Crippen LogP contribution in [0.3, 0.4) is 0 Å². The Kier molecular flexibility index (Phi) is 4.40. The fourth-order valence-electron chi connectivity index (χ4n) is 4.40. The Labute approximate surface area is 178 Å². The van der Waals surface area contributed by atoms with Gasteiger partial charge < -0.3 is 0 Å². The molecule has 5 rings (SSSR count). The fraction of sp³-hybridized carbons (Fsp3) is 0.138. The number of nitrogens with zero attached hydrogens (tertiary/aromatic N) is 1. The lowest BCUT2D eigenvalue weighted by molar-refractivity contribution is 1.34. The predicted octanol–water partition coefficient (Wildman–Crippen LogP) is 7.96. The molecule has 5 aromatic rings. The van der Waals surface area contributed by atoms with E-state index in [-0.39, 0.29) is 0 Å². The number of fused-ring (bicyclic) bond motifs is 2. The van der Waals surface area contributed by atoms with Crippen LogP contribution in [0.5, 0.6) is 0 Å². The molecule has 146 valence electrons. The summed E-state index contributed by atoms with van der Waals surface area (Å²) < 4.78 is 0. The first kappa shape index (κ1) is 18.6. The van der Waals surface area contributed by atoms with Gasteiger partial charge in [-0.2, -0.15) is 0 Å². The molecule has 0 atom stereocenters. The van der Waals surface area contributed by atoms with Crippen molar-refractivity contribution < 1.29 is 0 Å². The van der Waals surface area contributed by atoms with Crippen LogP contribution in [0.15, 0.2) is 79.0 Å². The molecule has 0 fully saturated rings. The molecule has 30 heavy (non-hydrogen) atoms. The van der Waals surface area contributed by atoms with Crippen LogP contribution in [-0.4, -0.2) is 4.98 Å². The first-order valence-corrected chi connectivity index (χ1v) is 10.5. The summed E-state index contributed by atoms with van der Waals surface area (Å²) in [5, 5.41) is 3.72. The van der Waals surface area contributed by atoms with E-state index in [2.05, 4.69) is 94.4 Å². The lowest BCUT2D eigenvalue weighted by Crippen LogP contribution is -1.94. The van der Waals surface area contributed by atoms with Crippen molar-refractivity contribution in [3.8, 4) is 22.3 Å². The Bertz CT molecular complexity index is 1260. The van der Waals surface area contributed by atoms with Gasteiger partial charge in [-0.25, -0.2) is 0 Å². The maximum atomic E-state index is 4.89. The van der Waals surface area contributed by atoms with E-state index in [1.165, 1.54) is 60.7 Å². The van der Waals surface area contributed by atoms with Gasteiger partial charge in [-0.3, -0.25) is 4.98 Å². The maximum absolute atomic E-state index is 4.89. The maximum Gasteiger partial charge on any atom is 0.0792 e. The third-order valence-corrected chi connectivity index (χ3v) is 6.37. The van der Waals surface area contributed by atoms with Crippen LogP contribution in [0, 0.1) is 27.7 Å². The van der Waals surface area contributed by atoms with Gasteiger partial charge >= 0.3 is 0 Å². The number of pyridine rings is 1. The number of hydrogen-bond donors (Lipinski definition) is 0. The van der Waals surface area contributed by atoms with Crippen LogP contribution in [0.4, 0.5) is 0 Å². The molecule has 1 aromatic heterocycles. The molecule has 0 aliphatic carbocycles. The van der Waals surface area contributed by atoms with E-state index in [1.54, 1.807) is 0 Å². The lowest BCUT2D eigenvalue weighted by Gasteiger charge is -2.18. The molecule has 0 saturated heterocycles. The van der Waals surface area contributed by atoms with E-state index in [0.717, 1.165) is 5.52 Å². The minimum atomic E-state index is 1.06. The molecule has 0 saturated carbocycles. The van der Waals surface area contributed by atoms with Crippen molar-refractivity contribution in [2.75, 3.05) is 0 Å². The van der Waals surface area contributed by atoms with E-state index in [1.807, 2.05) is 12.3 Å². The third kappa shape index (κ3) is 2.90. The zero-order valence-electron chi connectivity index (χ0n) is 18.0. The van der Waals surface area contributed by atoms with Crippen molar-refractivity contribution in [2.45, 2.75) is 27.7 Å². The molecule has 4 aromatic carbocycles. The van der Waals surface area contributed by atoms with E-state index in [9.17, 15) is 0 Å². The summed E-state index contributed by atoms with van der Waals surface area (Å²) in [6, 6.07) is 26.5. The van der Waals surface area contributed by atoms with Gasteiger partial charge in [0.1, 0.15) is 0 Å². The Hall–Kier alpha value is -3.45. The number of hydrogen-bond acceptors (Lipinski definition) is 1. The summed E-state index contributed by atoms with van der Waals surface area (Å²) in [5.41, 5.74) is 11.3. The Balaban J connectivity index is 1.96. The second-order valence-corrected chi connectivity index (χ2v) is 8.29. The lowest BCUT2D eigenvalue weighted by atomic mass is 9.87. The van der Waals surface area contributed by atoms with Gasteiger partial charge in [0, 0.05) is 17.1 Å². The van der Waals surface area contributed by atoms with Crippen LogP contribution in [0.1, 0.15) is 22.3 Å². The van der Waals surface area contributed by atoms with Crippen LogP contribution < -0.4 is 0 Å². The number of aromatic nitrogens is 1. The quantitative estimate of drug-likeness (QED) is 0.280. The Morgan fingerprint density at radius 2 is 1.03 bits per heavy atom. The standard InChI is InChI=1S/C29H25N/c1-18-11-13-22(16-20(18)3)27-24-8-5-6-9-25(24)28(29-26(27)10-7-15-30-29)23-14-12-19(2)21(4)17-23/h5-17H,1-4H3. The summed E-state index contributed by atoms with van der Waals surface area (Å²) in [7, 11) is 0. The molecule has 0 aliphatic heterocycles. The smallest absolute Gasteiger partial charge is 0.0792 e. The van der Waals surface area contributed by atoms with Gasteiger partial charge in [0.05, 0.1) is 5.52 Å². The molecule has 1 heteroatoms. The van der Waals surface area contributed by atoms with Crippen LogP contribution >= 0.6 is 0 Å². The van der Waals surface area contributed by atoms with Gasteiger partial charge in [0.2, 0.25) is 0 Å². The topological polar surface area (TPSA) is 12.9 Å². The van der Waals surface area contributed by atoms with Gasteiger partial charge in [-0.15, -0.1) is 0 Å². The SMILES string of the molecule is Cc1ccc(-c2c3ccccc3c(-c3ccc(C)c(C)c3)c3ncccc23)cc1C. The number of benzene rings is 4. The highest BCUT2D eigenvalue weighted by Gasteiger charge is 2.17. The molecule has 0 spiro atoms. The van der Waals surface area contributed by atoms with Gasteiger partial charge in [0.15, 0.2) is 0 Å². The second kappa shape index (κ2) is 7.11. The van der Waals surface area contributed by atoms with Crippen LogP contribution in [0.2, 0.25) is 0 Å². The zero-order chi connectivity index (χ0) is 20.8. The van der Waals surface area contributed by atoms with Gasteiger partial charge in [0.25, 0.3) is 0 Å². The van der Waals surface area contributed by atoms with Crippen molar-refractivity contribution in [1.29, 1.82) is 0 Å². The Morgan fingerprint density at radius 1 is 0.500 bits per heavy atom. The van der Waals surface area contributed by atoms with Crippen molar-refractivity contribution in [3.05, 3.63) is 101 Å². The molecule has 0 amide bonds. The van der Waals surface area contributed by atoms with Gasteiger partial charge in [-0.1, -0.05) is 66.7 Å². The summed E-state index contributed by atoms with van der Waals surface area (Å²) in [6.07, 6.45) is 1.91. The molecular formula is C29H25N. The highest BCUT2D eigenvalue weighted by Crippen LogP contribution is 2.43. The summed E-state index contributed by atoms with van der Waals surface area (Å²) in [5.74, 6) is 0. The minimum absolute atomic E-state index is 1.06. The molecule has 0 unspecified atom stereocenters. The van der Waals surface area contributed by atoms with Crippen LogP contribution in [0.25, 0.3) is 43.9 Å². The number of aryl methyl sites for hydroxylation is 4. The average Bonchev–Trinajstić information content (AvgIpc) is 2.76. The van der Waals surface area contributed by atoms with Crippen molar-refractivity contribution in [1.82, 2.24) is 4.98 Å². The monoisotopic (exact) mass is 387 g/mol. The molecule has 1 nitrogen and oxygen atoms in total. The molecular weight excluding hydrogens is 362 g/mol. The predicted molar refractivity (Wildman–Crippen MR) is 129 cm³/mol. The van der Waals surface area contributed by atoms with E-state index < -0.39 is 0 Å². The molecule has 0 aliphatic rings. The third-order valence-electron chi connectivity index (χ3n) is 6.37. The first-order chi connectivity index (χ1) is 14.5. The largest absolute Gasteiger partial charge is 0.256 e. The van der Waals surface area contributed by atoms with Gasteiger partial charge in [-0.05, 0) is 83.5 Å². The van der Waals surface area contributed by atoms with E-state index in [4.69, 9.17) is 4.98 Å². The summed E-state index contributed by atoms with van der Waals surface area (Å²) in [6.45, 7) is 8.70. The molecule has 0 N–H and O–H groups in total. The second-order valence-electron chi connectivity index (χ2n) is 8.29. The minimum Gasteiger partial charge on any atom is -0.256 e.